The van der Waals surface area contributed by atoms with Gasteiger partial charge < -0.3 is 9.64 Å². The molecular formula is C11H15Cl2NO. The van der Waals surface area contributed by atoms with Crippen LogP contribution in [-0.4, -0.2) is 26.1 Å². The van der Waals surface area contributed by atoms with Crippen LogP contribution in [0, 0.1) is 0 Å². The zero-order valence-electron chi connectivity index (χ0n) is 9.34. The normalized spacial score (nSPS) is 13.0. The lowest BCUT2D eigenvalue weighted by molar-refractivity contribution is 0.321. The Morgan fingerprint density at radius 3 is 2.27 bits per heavy atom. The third-order valence-corrected chi connectivity index (χ3v) is 3.12. The summed E-state index contributed by atoms with van der Waals surface area (Å²) in [6, 6.07) is 3.83. The van der Waals surface area contributed by atoms with Crippen LogP contribution >= 0.6 is 23.2 Å². The number of halogens is 2. The van der Waals surface area contributed by atoms with Crippen LogP contribution in [0.2, 0.25) is 10.0 Å². The Bertz CT molecular complexity index is 353. The lowest BCUT2D eigenvalue weighted by Gasteiger charge is -2.22. The van der Waals surface area contributed by atoms with Gasteiger partial charge in [0.2, 0.25) is 0 Å². The number of methoxy groups -OCH3 is 1. The Morgan fingerprint density at radius 2 is 1.80 bits per heavy atom. The minimum absolute atomic E-state index is 0.223. The summed E-state index contributed by atoms with van der Waals surface area (Å²) in [6.45, 7) is 2.07. The molecular weight excluding hydrogens is 233 g/mol. The van der Waals surface area contributed by atoms with Crippen LogP contribution in [0.4, 0.5) is 0 Å². The molecule has 0 fully saturated rings. The lowest BCUT2D eigenvalue weighted by Crippen LogP contribution is -2.17. The maximum absolute atomic E-state index is 6.15. The van der Waals surface area contributed by atoms with E-state index < -0.39 is 0 Å². The highest BCUT2D eigenvalue weighted by Gasteiger charge is 2.14. The molecule has 1 aromatic carbocycles. The van der Waals surface area contributed by atoms with E-state index in [-0.39, 0.29) is 6.04 Å². The molecule has 4 heteroatoms. The van der Waals surface area contributed by atoms with Crippen LogP contribution < -0.4 is 4.74 Å². The number of hydrogen-bond acceptors (Lipinski definition) is 2. The summed E-state index contributed by atoms with van der Waals surface area (Å²) in [7, 11) is 5.57. The Morgan fingerprint density at radius 1 is 1.20 bits per heavy atom. The fourth-order valence-corrected chi connectivity index (χ4v) is 1.86. The first-order chi connectivity index (χ1) is 6.97. The molecule has 0 bridgehead atoms. The predicted molar refractivity (Wildman–Crippen MR) is 65.1 cm³/mol. The van der Waals surface area contributed by atoms with Gasteiger partial charge in [-0.1, -0.05) is 23.2 Å². The molecule has 2 nitrogen and oxygen atoms in total. The molecule has 1 rings (SSSR count). The zero-order valence-corrected chi connectivity index (χ0v) is 10.9. The van der Waals surface area contributed by atoms with Gasteiger partial charge in [0.25, 0.3) is 0 Å². The summed E-state index contributed by atoms with van der Waals surface area (Å²) in [5.41, 5.74) is 1.01. The molecule has 0 radical (unpaired) electrons. The van der Waals surface area contributed by atoms with Crippen molar-refractivity contribution < 1.29 is 4.74 Å². The number of hydrogen-bond donors (Lipinski definition) is 0. The van der Waals surface area contributed by atoms with Gasteiger partial charge in [-0.3, -0.25) is 0 Å². The second-order valence-electron chi connectivity index (χ2n) is 3.65. The van der Waals surface area contributed by atoms with Gasteiger partial charge in [-0.05, 0) is 32.6 Å². The summed E-state index contributed by atoms with van der Waals surface area (Å²) in [4.78, 5) is 2.07. The van der Waals surface area contributed by atoms with E-state index in [4.69, 9.17) is 27.9 Å². The molecule has 0 aliphatic carbocycles. The van der Waals surface area contributed by atoms with Gasteiger partial charge in [-0.2, -0.15) is 0 Å². The molecule has 0 aliphatic heterocycles. The van der Waals surface area contributed by atoms with E-state index in [9.17, 15) is 0 Å². The van der Waals surface area contributed by atoms with Gasteiger partial charge in [0.1, 0.15) is 5.75 Å². The second-order valence-corrected chi connectivity index (χ2v) is 4.46. The molecule has 0 aromatic heterocycles. The maximum atomic E-state index is 6.15. The maximum Gasteiger partial charge on any atom is 0.138 e. The standard InChI is InChI=1S/C11H15Cl2NO/c1-7(14(2)3)8-5-10(13)11(15-4)6-9(8)12/h5-7H,1-4H3. The van der Waals surface area contributed by atoms with Crippen LogP contribution in [0.5, 0.6) is 5.75 Å². The monoisotopic (exact) mass is 247 g/mol. The first-order valence-electron chi connectivity index (χ1n) is 4.66. The van der Waals surface area contributed by atoms with Gasteiger partial charge in [-0.25, -0.2) is 0 Å². The first-order valence-corrected chi connectivity index (χ1v) is 5.42. The number of benzene rings is 1. The van der Waals surface area contributed by atoms with Gasteiger partial charge >= 0.3 is 0 Å². The van der Waals surface area contributed by atoms with Gasteiger partial charge in [0.15, 0.2) is 0 Å². The lowest BCUT2D eigenvalue weighted by atomic mass is 10.1. The van der Waals surface area contributed by atoms with E-state index in [1.165, 1.54) is 0 Å². The molecule has 0 heterocycles. The molecule has 0 N–H and O–H groups in total. The predicted octanol–water partition coefficient (Wildman–Crippen LogP) is 3.62. The molecule has 0 amide bonds. The third kappa shape index (κ3) is 2.77. The molecule has 1 atom stereocenters. The molecule has 0 saturated heterocycles. The summed E-state index contributed by atoms with van der Waals surface area (Å²) >= 11 is 12.2. The van der Waals surface area contributed by atoms with Crippen molar-refractivity contribution >= 4 is 23.2 Å². The van der Waals surface area contributed by atoms with E-state index in [1.54, 1.807) is 13.2 Å². The number of ether oxygens (including phenoxy) is 1. The Hall–Kier alpha value is -0.440. The van der Waals surface area contributed by atoms with E-state index in [1.807, 2.05) is 20.2 Å². The van der Waals surface area contributed by atoms with Crippen molar-refractivity contribution in [3.63, 3.8) is 0 Å². The molecule has 84 valence electrons. The Kier molecular flexibility index (Phi) is 4.26. The molecule has 0 aliphatic rings. The van der Waals surface area contributed by atoms with Crippen LogP contribution in [0.3, 0.4) is 0 Å². The fourth-order valence-electron chi connectivity index (χ4n) is 1.30. The van der Waals surface area contributed by atoms with E-state index >= 15 is 0 Å². The SMILES string of the molecule is COc1cc(Cl)c(C(C)N(C)C)cc1Cl. The van der Waals surface area contributed by atoms with Crippen molar-refractivity contribution in [2.24, 2.45) is 0 Å². The average molecular weight is 248 g/mol. The van der Waals surface area contributed by atoms with Gasteiger partial charge in [0, 0.05) is 17.1 Å². The van der Waals surface area contributed by atoms with E-state index in [0.29, 0.717) is 15.8 Å². The van der Waals surface area contributed by atoms with Crippen molar-refractivity contribution in [1.29, 1.82) is 0 Å². The molecule has 1 aromatic rings. The fraction of sp³-hybridized carbons (Fsp3) is 0.455. The number of nitrogens with zero attached hydrogens (tertiary/aromatic N) is 1. The summed E-state index contributed by atoms with van der Waals surface area (Å²) in [5, 5.41) is 1.27. The second kappa shape index (κ2) is 5.06. The Balaban J connectivity index is 3.15. The minimum atomic E-state index is 0.223. The third-order valence-electron chi connectivity index (χ3n) is 2.50. The smallest absolute Gasteiger partial charge is 0.138 e. The minimum Gasteiger partial charge on any atom is -0.495 e. The van der Waals surface area contributed by atoms with Gasteiger partial charge in [-0.15, -0.1) is 0 Å². The average Bonchev–Trinajstić information content (AvgIpc) is 2.19. The van der Waals surface area contributed by atoms with Gasteiger partial charge in [0.05, 0.1) is 12.1 Å². The van der Waals surface area contributed by atoms with Crippen molar-refractivity contribution in [2.75, 3.05) is 21.2 Å². The highest BCUT2D eigenvalue weighted by Crippen LogP contribution is 2.34. The van der Waals surface area contributed by atoms with Crippen LogP contribution in [0.15, 0.2) is 12.1 Å². The van der Waals surface area contributed by atoms with Crippen LogP contribution in [-0.2, 0) is 0 Å². The van der Waals surface area contributed by atoms with E-state index in [0.717, 1.165) is 5.56 Å². The highest BCUT2D eigenvalue weighted by atomic mass is 35.5. The van der Waals surface area contributed by atoms with Crippen molar-refractivity contribution in [1.82, 2.24) is 4.90 Å². The molecule has 0 spiro atoms. The van der Waals surface area contributed by atoms with Crippen molar-refractivity contribution in [3.8, 4) is 5.75 Å². The summed E-state index contributed by atoms with van der Waals surface area (Å²) in [6.07, 6.45) is 0. The Labute approximate surface area is 101 Å². The van der Waals surface area contributed by atoms with Crippen molar-refractivity contribution in [2.45, 2.75) is 13.0 Å². The topological polar surface area (TPSA) is 12.5 Å². The quantitative estimate of drug-likeness (QED) is 0.809. The molecule has 15 heavy (non-hydrogen) atoms. The van der Waals surface area contributed by atoms with Crippen LogP contribution in [0.25, 0.3) is 0 Å². The summed E-state index contributed by atoms with van der Waals surface area (Å²) in [5.74, 6) is 0.608. The highest BCUT2D eigenvalue weighted by molar-refractivity contribution is 6.34. The largest absolute Gasteiger partial charge is 0.495 e. The zero-order chi connectivity index (χ0) is 11.6. The van der Waals surface area contributed by atoms with Crippen molar-refractivity contribution in [3.05, 3.63) is 27.7 Å². The summed E-state index contributed by atoms with van der Waals surface area (Å²) < 4.78 is 5.09. The van der Waals surface area contributed by atoms with E-state index in [2.05, 4.69) is 11.8 Å². The van der Waals surface area contributed by atoms with Crippen LogP contribution in [0.1, 0.15) is 18.5 Å². The molecule has 0 saturated carbocycles. The first kappa shape index (κ1) is 12.6. The molecule has 1 unspecified atom stereocenters. The number of rotatable bonds is 3.